The van der Waals surface area contributed by atoms with Crippen LogP contribution in [0.4, 0.5) is 5.69 Å². The molecule has 1 saturated heterocycles. The van der Waals surface area contributed by atoms with Crippen LogP contribution in [0.2, 0.25) is 10.0 Å². The number of benzene rings is 2. The summed E-state index contributed by atoms with van der Waals surface area (Å²) in [4.78, 5) is 16.9. The smallest absolute Gasteiger partial charge is 0.238 e. The van der Waals surface area contributed by atoms with Crippen LogP contribution in [0.5, 0.6) is 0 Å². The monoisotopic (exact) mass is 391 g/mol. The number of hydrogen-bond donors (Lipinski definition) is 1. The average Bonchev–Trinajstić information content (AvgIpc) is 2.62. The summed E-state index contributed by atoms with van der Waals surface area (Å²) in [7, 11) is 0. The van der Waals surface area contributed by atoms with Gasteiger partial charge in [-0.3, -0.25) is 14.6 Å². The van der Waals surface area contributed by atoms with Gasteiger partial charge in [-0.1, -0.05) is 47.5 Å². The minimum Gasteiger partial charge on any atom is -0.324 e. The lowest BCUT2D eigenvalue weighted by Gasteiger charge is -2.34. The Morgan fingerprint density at radius 3 is 2.46 bits per heavy atom. The number of carbonyl (C=O) groups excluding carboxylic acids is 1. The van der Waals surface area contributed by atoms with Gasteiger partial charge in [0, 0.05) is 37.7 Å². The lowest BCUT2D eigenvalue weighted by molar-refractivity contribution is -0.117. The van der Waals surface area contributed by atoms with Crippen LogP contribution in [0.1, 0.15) is 11.1 Å². The molecular formula is C20H23Cl2N3O. The second kappa shape index (κ2) is 8.87. The van der Waals surface area contributed by atoms with Gasteiger partial charge in [-0.25, -0.2) is 0 Å². The molecule has 0 unspecified atom stereocenters. The first-order chi connectivity index (χ1) is 12.5. The molecule has 4 nitrogen and oxygen atoms in total. The fourth-order valence-corrected chi connectivity index (χ4v) is 3.46. The fourth-order valence-electron chi connectivity index (χ4n) is 3.12. The van der Waals surface area contributed by atoms with Gasteiger partial charge in [-0.05, 0) is 36.2 Å². The molecule has 0 aliphatic carbocycles. The molecule has 0 atom stereocenters. The minimum absolute atomic E-state index is 0.0680. The molecular weight excluding hydrogens is 369 g/mol. The highest BCUT2D eigenvalue weighted by Gasteiger charge is 2.19. The molecule has 1 aliphatic heterocycles. The first-order valence-corrected chi connectivity index (χ1v) is 9.51. The summed E-state index contributed by atoms with van der Waals surface area (Å²) in [5.41, 5.74) is 3.25. The van der Waals surface area contributed by atoms with Crippen LogP contribution in [0, 0.1) is 6.92 Å². The van der Waals surface area contributed by atoms with Crippen molar-refractivity contribution in [2.75, 3.05) is 38.0 Å². The van der Waals surface area contributed by atoms with E-state index in [2.05, 4.69) is 46.3 Å². The maximum Gasteiger partial charge on any atom is 0.238 e. The van der Waals surface area contributed by atoms with E-state index in [1.807, 2.05) is 0 Å². The van der Waals surface area contributed by atoms with Crippen molar-refractivity contribution in [3.8, 4) is 0 Å². The molecule has 1 N–H and O–H groups in total. The fraction of sp³-hybridized carbons (Fsp3) is 0.350. The van der Waals surface area contributed by atoms with Crippen molar-refractivity contribution >= 4 is 34.8 Å². The van der Waals surface area contributed by atoms with Gasteiger partial charge in [0.25, 0.3) is 0 Å². The van der Waals surface area contributed by atoms with Gasteiger partial charge in [-0.2, -0.15) is 0 Å². The normalized spacial score (nSPS) is 15.8. The zero-order chi connectivity index (χ0) is 18.5. The van der Waals surface area contributed by atoms with E-state index >= 15 is 0 Å². The number of rotatable bonds is 5. The number of hydrogen-bond acceptors (Lipinski definition) is 3. The molecule has 0 aromatic heterocycles. The topological polar surface area (TPSA) is 35.6 Å². The van der Waals surface area contributed by atoms with E-state index in [-0.39, 0.29) is 5.91 Å². The Labute approximate surface area is 164 Å². The van der Waals surface area contributed by atoms with Crippen LogP contribution in [0.3, 0.4) is 0 Å². The Hall–Kier alpha value is -1.59. The predicted octanol–water partition coefficient (Wildman–Crippen LogP) is 4.06. The van der Waals surface area contributed by atoms with E-state index in [4.69, 9.17) is 23.2 Å². The van der Waals surface area contributed by atoms with Crippen molar-refractivity contribution in [1.82, 2.24) is 9.80 Å². The third kappa shape index (κ3) is 5.21. The van der Waals surface area contributed by atoms with Crippen molar-refractivity contribution in [1.29, 1.82) is 0 Å². The Morgan fingerprint density at radius 1 is 1.04 bits per heavy atom. The molecule has 1 heterocycles. The third-order valence-electron chi connectivity index (χ3n) is 4.69. The summed E-state index contributed by atoms with van der Waals surface area (Å²) in [6, 6.07) is 13.5. The van der Waals surface area contributed by atoms with Gasteiger partial charge in [0.15, 0.2) is 0 Å². The van der Waals surface area contributed by atoms with Crippen LogP contribution in [0.15, 0.2) is 42.5 Å². The molecule has 0 spiro atoms. The van der Waals surface area contributed by atoms with Crippen molar-refractivity contribution in [3.63, 3.8) is 0 Å². The van der Waals surface area contributed by atoms with Gasteiger partial charge < -0.3 is 5.32 Å². The first kappa shape index (κ1) is 19.2. The quantitative estimate of drug-likeness (QED) is 0.834. The highest BCUT2D eigenvalue weighted by Crippen LogP contribution is 2.25. The van der Waals surface area contributed by atoms with E-state index in [0.717, 1.165) is 32.7 Å². The number of nitrogens with zero attached hydrogens (tertiary/aromatic N) is 2. The predicted molar refractivity (Wildman–Crippen MR) is 108 cm³/mol. The second-order valence-electron chi connectivity index (χ2n) is 6.65. The molecule has 2 aromatic rings. The van der Waals surface area contributed by atoms with Crippen LogP contribution in [0.25, 0.3) is 0 Å². The van der Waals surface area contributed by atoms with Gasteiger partial charge in [0.1, 0.15) is 0 Å². The third-order valence-corrected chi connectivity index (χ3v) is 5.25. The molecule has 1 fully saturated rings. The molecule has 3 rings (SSSR count). The Balaban J connectivity index is 1.47. The van der Waals surface area contributed by atoms with Gasteiger partial charge in [0.2, 0.25) is 5.91 Å². The molecule has 1 amide bonds. The summed E-state index contributed by atoms with van der Waals surface area (Å²) >= 11 is 12.1. The van der Waals surface area contributed by atoms with E-state index in [1.54, 1.807) is 18.2 Å². The largest absolute Gasteiger partial charge is 0.324 e. The minimum atomic E-state index is -0.0680. The summed E-state index contributed by atoms with van der Waals surface area (Å²) in [5, 5.41) is 3.89. The van der Waals surface area contributed by atoms with E-state index in [0.29, 0.717) is 22.3 Å². The molecule has 0 radical (unpaired) electrons. The van der Waals surface area contributed by atoms with Crippen LogP contribution >= 0.6 is 23.2 Å². The lowest BCUT2D eigenvalue weighted by atomic mass is 10.1. The highest BCUT2D eigenvalue weighted by molar-refractivity contribution is 6.35. The zero-order valence-corrected chi connectivity index (χ0v) is 16.4. The average molecular weight is 392 g/mol. The van der Waals surface area contributed by atoms with Crippen molar-refractivity contribution in [3.05, 3.63) is 63.6 Å². The summed E-state index contributed by atoms with van der Waals surface area (Å²) in [6.45, 7) is 7.15. The Morgan fingerprint density at radius 2 is 1.73 bits per heavy atom. The molecule has 6 heteroatoms. The number of aryl methyl sites for hydroxylation is 1. The van der Waals surface area contributed by atoms with E-state index in [9.17, 15) is 4.79 Å². The number of amides is 1. The summed E-state index contributed by atoms with van der Waals surface area (Å²) in [6.07, 6.45) is 0. The molecule has 0 bridgehead atoms. The van der Waals surface area contributed by atoms with Crippen LogP contribution in [-0.2, 0) is 11.3 Å². The SMILES string of the molecule is Cc1ccccc1CN1CCN(CC(=O)Nc2cc(Cl)ccc2Cl)CC1. The van der Waals surface area contributed by atoms with Crippen molar-refractivity contribution in [2.45, 2.75) is 13.5 Å². The Kier molecular flexibility index (Phi) is 6.54. The van der Waals surface area contributed by atoms with Crippen LogP contribution in [-0.4, -0.2) is 48.4 Å². The number of anilines is 1. The van der Waals surface area contributed by atoms with Crippen molar-refractivity contribution < 1.29 is 4.79 Å². The Bertz CT molecular complexity index is 773. The standard InChI is InChI=1S/C20H23Cl2N3O/c1-15-4-2-3-5-16(15)13-24-8-10-25(11-9-24)14-20(26)23-19-12-17(21)6-7-18(19)22/h2-7,12H,8-11,13-14H2,1H3,(H,23,26). The zero-order valence-electron chi connectivity index (χ0n) is 14.8. The number of carbonyl (C=O) groups is 1. The number of halogens is 2. The van der Waals surface area contributed by atoms with E-state index in [1.165, 1.54) is 11.1 Å². The maximum absolute atomic E-state index is 12.3. The lowest BCUT2D eigenvalue weighted by Crippen LogP contribution is -2.48. The molecule has 26 heavy (non-hydrogen) atoms. The second-order valence-corrected chi connectivity index (χ2v) is 7.49. The van der Waals surface area contributed by atoms with Crippen molar-refractivity contribution in [2.24, 2.45) is 0 Å². The molecule has 2 aromatic carbocycles. The first-order valence-electron chi connectivity index (χ1n) is 8.75. The summed E-state index contributed by atoms with van der Waals surface area (Å²) in [5.74, 6) is -0.0680. The maximum atomic E-state index is 12.3. The van der Waals surface area contributed by atoms with Crippen LogP contribution < -0.4 is 5.32 Å². The van der Waals surface area contributed by atoms with Gasteiger partial charge >= 0.3 is 0 Å². The van der Waals surface area contributed by atoms with Gasteiger partial charge in [-0.15, -0.1) is 0 Å². The summed E-state index contributed by atoms with van der Waals surface area (Å²) < 4.78 is 0. The molecule has 138 valence electrons. The molecule has 0 saturated carbocycles. The number of nitrogens with one attached hydrogen (secondary N) is 1. The highest BCUT2D eigenvalue weighted by atomic mass is 35.5. The molecule has 1 aliphatic rings. The number of piperazine rings is 1. The van der Waals surface area contributed by atoms with Gasteiger partial charge in [0.05, 0.1) is 17.3 Å². The van der Waals surface area contributed by atoms with E-state index < -0.39 is 0 Å².